The number of hydrogen-bond acceptors (Lipinski definition) is 3. The van der Waals surface area contributed by atoms with E-state index >= 15 is 0 Å². The van der Waals surface area contributed by atoms with Crippen LogP contribution in [0.3, 0.4) is 0 Å². The normalized spacial score (nSPS) is 10.4. The zero-order valence-electron chi connectivity index (χ0n) is 10.6. The molecule has 0 fully saturated rings. The van der Waals surface area contributed by atoms with Crippen molar-refractivity contribution < 1.29 is 9.21 Å². The fourth-order valence-corrected chi connectivity index (χ4v) is 1.89. The molecule has 1 aromatic heterocycles. The number of amides is 1. The van der Waals surface area contributed by atoms with Gasteiger partial charge in [-0.25, -0.2) is 0 Å². The number of carbonyl (C=O) groups excluding carboxylic acids is 1. The van der Waals surface area contributed by atoms with Gasteiger partial charge < -0.3 is 15.1 Å². The number of nitrogens with one attached hydrogen (secondary N) is 2. The van der Waals surface area contributed by atoms with Crippen molar-refractivity contribution >= 4 is 27.5 Å². The molecular formula is C14H15BrN2O2. The zero-order valence-corrected chi connectivity index (χ0v) is 12.2. The molecule has 0 spiro atoms. The molecule has 4 nitrogen and oxygen atoms in total. The number of halogens is 1. The van der Waals surface area contributed by atoms with Crippen molar-refractivity contribution in [3.63, 3.8) is 0 Å². The third kappa shape index (κ3) is 4.22. The molecule has 1 amide bonds. The Morgan fingerprint density at radius 3 is 2.89 bits per heavy atom. The van der Waals surface area contributed by atoms with E-state index in [1.54, 1.807) is 6.26 Å². The Morgan fingerprint density at radius 1 is 1.37 bits per heavy atom. The van der Waals surface area contributed by atoms with Gasteiger partial charge in [-0.05, 0) is 42.8 Å². The molecule has 2 N–H and O–H groups in total. The van der Waals surface area contributed by atoms with Crippen LogP contribution in [0, 0.1) is 6.92 Å². The first-order chi connectivity index (χ1) is 9.15. The van der Waals surface area contributed by atoms with Gasteiger partial charge >= 0.3 is 0 Å². The first kappa shape index (κ1) is 13.8. The van der Waals surface area contributed by atoms with E-state index in [1.807, 2.05) is 37.3 Å². The molecule has 0 radical (unpaired) electrons. The van der Waals surface area contributed by atoms with Gasteiger partial charge in [-0.2, -0.15) is 0 Å². The smallest absolute Gasteiger partial charge is 0.238 e. The maximum Gasteiger partial charge on any atom is 0.238 e. The van der Waals surface area contributed by atoms with E-state index in [0.717, 1.165) is 21.5 Å². The Labute approximate surface area is 120 Å². The van der Waals surface area contributed by atoms with Gasteiger partial charge in [0.1, 0.15) is 5.76 Å². The Kier molecular flexibility index (Phi) is 4.76. The first-order valence-corrected chi connectivity index (χ1v) is 6.73. The molecule has 100 valence electrons. The van der Waals surface area contributed by atoms with Crippen LogP contribution in [0.5, 0.6) is 0 Å². The van der Waals surface area contributed by atoms with Crippen LogP contribution in [0.25, 0.3) is 0 Å². The summed E-state index contributed by atoms with van der Waals surface area (Å²) in [5.74, 6) is 0.737. The SMILES string of the molecule is Cc1cc(NC(=O)CNCc2ccco2)ccc1Br. The van der Waals surface area contributed by atoms with Crippen molar-refractivity contribution in [3.8, 4) is 0 Å². The summed E-state index contributed by atoms with van der Waals surface area (Å²) in [7, 11) is 0. The molecule has 0 atom stereocenters. The summed E-state index contributed by atoms with van der Waals surface area (Å²) >= 11 is 3.42. The van der Waals surface area contributed by atoms with Gasteiger partial charge in [-0.15, -0.1) is 0 Å². The van der Waals surface area contributed by atoms with E-state index in [4.69, 9.17) is 4.42 Å². The van der Waals surface area contributed by atoms with Gasteiger partial charge in [0.2, 0.25) is 5.91 Å². The maximum atomic E-state index is 11.7. The molecule has 1 aromatic carbocycles. The fraction of sp³-hybridized carbons (Fsp3) is 0.214. The van der Waals surface area contributed by atoms with Crippen LogP contribution < -0.4 is 10.6 Å². The molecular weight excluding hydrogens is 308 g/mol. The highest BCUT2D eigenvalue weighted by Gasteiger charge is 2.04. The fourth-order valence-electron chi connectivity index (χ4n) is 1.64. The van der Waals surface area contributed by atoms with Crippen molar-refractivity contribution in [2.45, 2.75) is 13.5 Å². The second kappa shape index (κ2) is 6.54. The quantitative estimate of drug-likeness (QED) is 0.889. The Morgan fingerprint density at radius 2 is 2.21 bits per heavy atom. The van der Waals surface area contributed by atoms with E-state index in [2.05, 4.69) is 26.6 Å². The molecule has 0 saturated carbocycles. The average Bonchev–Trinajstić information content (AvgIpc) is 2.87. The number of aryl methyl sites for hydroxylation is 1. The number of carbonyl (C=O) groups is 1. The molecule has 0 unspecified atom stereocenters. The van der Waals surface area contributed by atoms with Crippen molar-refractivity contribution in [2.24, 2.45) is 0 Å². The Balaban J connectivity index is 1.79. The van der Waals surface area contributed by atoms with E-state index in [0.29, 0.717) is 6.54 Å². The van der Waals surface area contributed by atoms with Crippen molar-refractivity contribution in [1.29, 1.82) is 0 Å². The van der Waals surface area contributed by atoms with Crippen molar-refractivity contribution in [1.82, 2.24) is 5.32 Å². The molecule has 0 aliphatic rings. The summed E-state index contributed by atoms with van der Waals surface area (Å²) in [6.45, 7) is 2.77. The summed E-state index contributed by atoms with van der Waals surface area (Å²) in [6, 6.07) is 9.39. The lowest BCUT2D eigenvalue weighted by molar-refractivity contribution is -0.115. The average molecular weight is 323 g/mol. The summed E-state index contributed by atoms with van der Waals surface area (Å²) in [5, 5.41) is 5.86. The highest BCUT2D eigenvalue weighted by atomic mass is 79.9. The lowest BCUT2D eigenvalue weighted by Gasteiger charge is -2.07. The van der Waals surface area contributed by atoms with Crippen LogP contribution in [0.4, 0.5) is 5.69 Å². The van der Waals surface area contributed by atoms with E-state index < -0.39 is 0 Å². The monoisotopic (exact) mass is 322 g/mol. The standard InChI is InChI=1S/C14H15BrN2O2/c1-10-7-11(4-5-13(10)15)17-14(18)9-16-8-12-3-2-6-19-12/h2-7,16H,8-9H2,1H3,(H,17,18). The third-order valence-corrected chi connectivity index (χ3v) is 3.50. The lowest BCUT2D eigenvalue weighted by Crippen LogP contribution is -2.27. The van der Waals surface area contributed by atoms with Gasteiger partial charge in [0.05, 0.1) is 19.4 Å². The maximum absolute atomic E-state index is 11.7. The second-order valence-corrected chi connectivity index (χ2v) is 5.05. The number of hydrogen-bond donors (Lipinski definition) is 2. The highest BCUT2D eigenvalue weighted by molar-refractivity contribution is 9.10. The van der Waals surface area contributed by atoms with Crippen LogP contribution in [-0.4, -0.2) is 12.5 Å². The van der Waals surface area contributed by atoms with Crippen LogP contribution in [0.2, 0.25) is 0 Å². The van der Waals surface area contributed by atoms with Crippen LogP contribution in [-0.2, 0) is 11.3 Å². The largest absolute Gasteiger partial charge is 0.468 e. The number of benzene rings is 1. The van der Waals surface area contributed by atoms with Gasteiger partial charge in [0, 0.05) is 10.2 Å². The van der Waals surface area contributed by atoms with Gasteiger partial charge in [0.15, 0.2) is 0 Å². The number of rotatable bonds is 5. The van der Waals surface area contributed by atoms with Gasteiger partial charge in [-0.1, -0.05) is 15.9 Å². The van der Waals surface area contributed by atoms with Gasteiger partial charge in [0.25, 0.3) is 0 Å². The lowest BCUT2D eigenvalue weighted by atomic mass is 10.2. The van der Waals surface area contributed by atoms with Gasteiger partial charge in [-0.3, -0.25) is 4.79 Å². The van der Waals surface area contributed by atoms with E-state index in [9.17, 15) is 4.79 Å². The summed E-state index contributed by atoms with van der Waals surface area (Å²) in [6.07, 6.45) is 1.61. The predicted octanol–water partition coefficient (Wildman–Crippen LogP) is 3.08. The van der Waals surface area contributed by atoms with E-state index in [-0.39, 0.29) is 12.5 Å². The molecule has 0 aliphatic carbocycles. The molecule has 2 rings (SSSR count). The zero-order chi connectivity index (χ0) is 13.7. The minimum atomic E-state index is -0.0757. The molecule has 19 heavy (non-hydrogen) atoms. The highest BCUT2D eigenvalue weighted by Crippen LogP contribution is 2.19. The summed E-state index contributed by atoms with van der Waals surface area (Å²) in [4.78, 5) is 11.7. The topological polar surface area (TPSA) is 54.3 Å². The molecule has 0 aliphatic heterocycles. The third-order valence-electron chi connectivity index (χ3n) is 2.61. The van der Waals surface area contributed by atoms with Crippen molar-refractivity contribution in [3.05, 3.63) is 52.4 Å². The van der Waals surface area contributed by atoms with E-state index in [1.165, 1.54) is 0 Å². The van der Waals surface area contributed by atoms with Crippen LogP contribution >= 0.6 is 15.9 Å². The number of furan rings is 1. The second-order valence-electron chi connectivity index (χ2n) is 4.20. The number of anilines is 1. The van der Waals surface area contributed by atoms with Crippen LogP contribution in [0.1, 0.15) is 11.3 Å². The first-order valence-electron chi connectivity index (χ1n) is 5.94. The predicted molar refractivity (Wildman–Crippen MR) is 77.9 cm³/mol. The summed E-state index contributed by atoms with van der Waals surface area (Å²) in [5.41, 5.74) is 1.88. The molecule has 1 heterocycles. The minimum Gasteiger partial charge on any atom is -0.468 e. The summed E-state index contributed by atoms with van der Waals surface area (Å²) < 4.78 is 6.19. The Hall–Kier alpha value is -1.59. The molecule has 5 heteroatoms. The molecule has 2 aromatic rings. The minimum absolute atomic E-state index is 0.0757. The molecule has 0 bridgehead atoms. The molecule has 0 saturated heterocycles. The Bertz CT molecular complexity index is 553. The van der Waals surface area contributed by atoms with Crippen LogP contribution in [0.15, 0.2) is 45.5 Å². The van der Waals surface area contributed by atoms with Crippen molar-refractivity contribution in [2.75, 3.05) is 11.9 Å².